The van der Waals surface area contributed by atoms with Crippen LogP contribution in [0.3, 0.4) is 0 Å². The Morgan fingerprint density at radius 2 is 2.05 bits per heavy atom. The molecule has 0 saturated carbocycles. The Hall–Kier alpha value is -4.46. The fraction of sp³-hybridized carbons (Fsp3) is 0.462. The van der Waals surface area contributed by atoms with Crippen LogP contribution < -0.4 is 31.3 Å². The average molecular weight is 549 g/mol. The van der Waals surface area contributed by atoms with E-state index in [0.29, 0.717) is 17.9 Å². The number of benzene rings is 1. The Bertz CT molecular complexity index is 1380. The van der Waals surface area contributed by atoms with E-state index in [1.807, 2.05) is 12.1 Å². The maximum absolute atomic E-state index is 13.5. The summed E-state index contributed by atoms with van der Waals surface area (Å²) in [6, 6.07) is 5.04. The van der Waals surface area contributed by atoms with Gasteiger partial charge in [0.1, 0.15) is 23.9 Å². The molecule has 8 N–H and O–H groups in total. The van der Waals surface area contributed by atoms with E-state index in [-0.39, 0.29) is 42.0 Å². The van der Waals surface area contributed by atoms with Gasteiger partial charge < -0.3 is 41.3 Å². The summed E-state index contributed by atoms with van der Waals surface area (Å²) < 4.78 is 5.92. The van der Waals surface area contributed by atoms with Crippen LogP contribution in [0.1, 0.15) is 46.7 Å². The van der Waals surface area contributed by atoms with Crippen molar-refractivity contribution in [2.45, 2.75) is 55.6 Å². The molecule has 6 rings (SSSR count). The molecule has 4 aliphatic rings. The third-order valence-corrected chi connectivity index (χ3v) is 8.33. The molecule has 5 heterocycles. The smallest absolute Gasteiger partial charge is 0.270 e. The number of aromatic nitrogens is 2. The minimum atomic E-state index is -1.30. The van der Waals surface area contributed by atoms with Gasteiger partial charge in [0.05, 0.1) is 30.3 Å². The number of amides is 2. The number of aliphatic hydroxyl groups excluding tert-OH is 1. The van der Waals surface area contributed by atoms with Crippen LogP contribution in [-0.2, 0) is 5.41 Å². The number of para-hydroxylation sites is 1. The Morgan fingerprint density at radius 1 is 1.23 bits per heavy atom. The van der Waals surface area contributed by atoms with E-state index in [0.717, 1.165) is 12.0 Å². The van der Waals surface area contributed by atoms with Gasteiger partial charge in [0.25, 0.3) is 11.8 Å². The number of ether oxygens (including phenoxy) is 1. The van der Waals surface area contributed by atoms with Crippen LogP contribution in [0.15, 0.2) is 36.8 Å². The van der Waals surface area contributed by atoms with Crippen molar-refractivity contribution in [3.05, 3.63) is 53.6 Å². The number of carbonyl (C=O) groups excluding carboxylic acids is 2. The summed E-state index contributed by atoms with van der Waals surface area (Å²) >= 11 is 0. The lowest BCUT2D eigenvalue weighted by Gasteiger charge is -2.49. The summed E-state index contributed by atoms with van der Waals surface area (Å²) in [5.41, 5.74) is 0.113. The molecule has 0 bridgehead atoms. The van der Waals surface area contributed by atoms with E-state index >= 15 is 0 Å². The van der Waals surface area contributed by atoms with Gasteiger partial charge in [-0.2, -0.15) is 0 Å². The fourth-order valence-electron chi connectivity index (χ4n) is 6.21. The molecule has 2 aromatic rings. The largest absolute Gasteiger partial charge is 0.492 e. The van der Waals surface area contributed by atoms with Crippen LogP contribution in [0, 0.1) is 10.8 Å². The molecule has 0 radical (unpaired) electrons. The van der Waals surface area contributed by atoms with E-state index < -0.39 is 35.8 Å². The molecular weight excluding hydrogens is 516 g/mol. The first-order valence-electron chi connectivity index (χ1n) is 13.2. The van der Waals surface area contributed by atoms with Crippen LogP contribution in [0.5, 0.6) is 5.75 Å². The van der Waals surface area contributed by atoms with Crippen molar-refractivity contribution in [2.24, 2.45) is 0 Å². The summed E-state index contributed by atoms with van der Waals surface area (Å²) in [5.74, 6) is -0.284. The first-order chi connectivity index (χ1) is 19.1. The molecule has 5 atom stereocenters. The second kappa shape index (κ2) is 9.33. The number of hydrogen-bond donors (Lipinski definition) is 8. The maximum Gasteiger partial charge on any atom is 0.270 e. The van der Waals surface area contributed by atoms with Crippen molar-refractivity contribution in [2.75, 3.05) is 19.7 Å². The topological polar surface area (TPSA) is 200 Å². The van der Waals surface area contributed by atoms with Crippen molar-refractivity contribution in [3.8, 4) is 5.75 Å². The highest BCUT2D eigenvalue weighted by molar-refractivity contribution is 5.98. The Morgan fingerprint density at radius 3 is 2.83 bits per heavy atom. The van der Waals surface area contributed by atoms with Gasteiger partial charge in [-0.3, -0.25) is 20.4 Å². The van der Waals surface area contributed by atoms with Crippen molar-refractivity contribution in [3.63, 3.8) is 0 Å². The van der Waals surface area contributed by atoms with Gasteiger partial charge in [-0.1, -0.05) is 26.0 Å². The molecule has 1 aromatic carbocycles. The summed E-state index contributed by atoms with van der Waals surface area (Å²) in [7, 11) is 0. The Balaban J connectivity index is 1.23. The monoisotopic (exact) mass is 548 g/mol. The highest BCUT2D eigenvalue weighted by Crippen LogP contribution is 2.41. The van der Waals surface area contributed by atoms with Crippen molar-refractivity contribution < 1.29 is 19.4 Å². The van der Waals surface area contributed by atoms with Gasteiger partial charge in [-0.05, 0) is 24.0 Å². The van der Waals surface area contributed by atoms with Crippen LogP contribution >= 0.6 is 0 Å². The van der Waals surface area contributed by atoms with E-state index in [2.05, 4.69) is 50.4 Å². The molecule has 1 unspecified atom stereocenters. The lowest BCUT2D eigenvalue weighted by atomic mass is 9.79. The van der Waals surface area contributed by atoms with E-state index in [1.54, 1.807) is 11.0 Å². The van der Waals surface area contributed by atoms with Gasteiger partial charge in [-0.25, -0.2) is 9.97 Å². The highest BCUT2D eigenvalue weighted by atomic mass is 16.5. The Labute approximate surface area is 230 Å². The normalized spacial score (nSPS) is 29.5. The Kier molecular flexibility index (Phi) is 6.02. The van der Waals surface area contributed by atoms with Crippen LogP contribution in [-0.4, -0.2) is 93.3 Å². The van der Waals surface area contributed by atoms with Gasteiger partial charge in [0.15, 0.2) is 17.6 Å². The van der Waals surface area contributed by atoms with Crippen molar-refractivity contribution >= 4 is 23.7 Å². The first kappa shape index (κ1) is 25.8. The van der Waals surface area contributed by atoms with Crippen molar-refractivity contribution in [1.82, 2.24) is 41.5 Å². The zero-order chi connectivity index (χ0) is 28.2. The number of hydrogen-bond acceptors (Lipinski definition) is 8. The maximum atomic E-state index is 13.5. The zero-order valence-electron chi connectivity index (χ0n) is 22.1. The number of nitrogens with one attached hydrogen (secondary N) is 7. The summed E-state index contributed by atoms with van der Waals surface area (Å²) in [4.78, 5) is 35.5. The molecule has 3 saturated heterocycles. The molecule has 210 valence electrons. The second-order valence-electron chi connectivity index (χ2n) is 11.2. The van der Waals surface area contributed by atoms with Crippen LogP contribution in [0.25, 0.3) is 0 Å². The molecule has 40 heavy (non-hydrogen) atoms. The second-order valence-corrected chi connectivity index (χ2v) is 11.2. The quantitative estimate of drug-likeness (QED) is 0.225. The standard InChI is InChI=1S/C26H32N10O4/c1-25(2)7-9-40-18-13(4-3-5-14(18)25)21(38)32-17-11-36-24(28)33-16(10-30-22(39)15-6-8-29-12-31-15)19-26(36,20(17)37)35-23(27)34-19/h3-6,8,12,16-17,19-20,37H,7,9-11H2,1-2H3,(H2,28,33)(H,30,39)(H,32,38)(H3,27,34,35)/t16-,17?,19-,20+,26-/m0/s1. The van der Waals surface area contributed by atoms with Gasteiger partial charge >= 0.3 is 0 Å². The van der Waals surface area contributed by atoms with Crippen molar-refractivity contribution in [1.29, 1.82) is 10.8 Å². The fourth-order valence-corrected chi connectivity index (χ4v) is 6.21. The summed E-state index contributed by atoms with van der Waals surface area (Å²) in [6.07, 6.45) is 2.39. The third kappa shape index (κ3) is 3.97. The molecule has 1 aromatic heterocycles. The molecule has 14 nitrogen and oxygen atoms in total. The summed E-state index contributed by atoms with van der Waals surface area (Å²) in [6.45, 7) is 4.95. The number of guanidine groups is 2. The molecular formula is C26H32N10O4. The minimum absolute atomic E-state index is 0.000456. The molecule has 3 fully saturated rings. The highest BCUT2D eigenvalue weighted by Gasteiger charge is 2.66. The number of fused-ring (bicyclic) bond motifs is 1. The lowest BCUT2D eigenvalue weighted by Crippen LogP contribution is -2.78. The van der Waals surface area contributed by atoms with E-state index in [9.17, 15) is 14.7 Å². The predicted octanol–water partition coefficient (Wildman–Crippen LogP) is -1.16. The average Bonchev–Trinajstić information content (AvgIpc) is 3.43. The molecule has 14 heteroatoms. The third-order valence-electron chi connectivity index (χ3n) is 8.33. The molecule has 4 aliphatic heterocycles. The summed E-state index contributed by atoms with van der Waals surface area (Å²) in [5, 5.41) is 43.6. The lowest BCUT2D eigenvalue weighted by molar-refractivity contribution is 0.00611. The first-order valence-corrected chi connectivity index (χ1v) is 13.2. The van der Waals surface area contributed by atoms with Gasteiger partial charge in [0.2, 0.25) is 0 Å². The number of rotatable bonds is 5. The number of carbonyl (C=O) groups is 2. The van der Waals surface area contributed by atoms with E-state index in [1.165, 1.54) is 18.6 Å². The van der Waals surface area contributed by atoms with Crippen LogP contribution in [0.4, 0.5) is 0 Å². The molecule has 1 spiro atoms. The zero-order valence-corrected chi connectivity index (χ0v) is 22.1. The van der Waals surface area contributed by atoms with Gasteiger partial charge in [-0.15, -0.1) is 0 Å². The van der Waals surface area contributed by atoms with E-state index in [4.69, 9.17) is 15.6 Å². The van der Waals surface area contributed by atoms with Gasteiger partial charge in [0, 0.05) is 24.8 Å². The van der Waals surface area contributed by atoms with Crippen LogP contribution in [0.2, 0.25) is 0 Å². The number of aliphatic hydroxyl groups is 1. The molecule has 2 amide bonds. The SMILES string of the molecule is CC1(C)CCOc2c(C(=O)NC3CN4C(=N)N[C@@H](CNC(=O)c5ccncn5)[C@@H]5NC(=N)N[C@@]54[C@@H]3O)cccc21. The number of nitrogens with zero attached hydrogens (tertiary/aromatic N) is 3. The predicted molar refractivity (Wildman–Crippen MR) is 143 cm³/mol. The molecule has 0 aliphatic carbocycles. The minimum Gasteiger partial charge on any atom is -0.492 e.